The molecule has 144 heavy (non-hydrogen) atoms. The molecule has 35 nitrogen and oxygen atoms in total. The number of nitrogens with two attached hydrogens (primary N) is 3. The first kappa shape index (κ1) is 156. The molecule has 2 rings (SSSR count). The van der Waals surface area contributed by atoms with Crippen LogP contribution in [0.4, 0.5) is 0 Å². The molecule has 2 aliphatic heterocycles. The fourth-order valence-corrected chi connectivity index (χ4v) is 11.9. The SMILES string of the molecule is CC(=O)OCCCCCC(=O)O.CC(=O)OCCCCCC(=O)[O-].CCC(C)CN.CCC(C)CN.CCC(C)CN.CCC(C)CNC(=O)CC(C)=O.CCC(C)CNC(=O)CCCC(=O)O.CCC(C)CNC(=O)CCCCCOC(C)=O.CCC(C)CNC(=O)CCCCCOC(C)=O.CCC(C)C[NH3+].CCC1CN(C(=O)CCC(=O)O)CC1CC.CCC1CN(C(=O)CCCCCOC(C)=O)CC1CC. The van der Waals surface area contributed by atoms with Gasteiger partial charge >= 0.3 is 47.8 Å². The molecule has 0 spiro atoms. The van der Waals surface area contributed by atoms with Crippen LogP contribution in [0.25, 0.3) is 0 Å². The first-order valence-corrected chi connectivity index (χ1v) is 54.4. The van der Waals surface area contributed by atoms with E-state index in [1.807, 2.05) is 4.90 Å². The maximum Gasteiger partial charge on any atom is 0.303 e. The van der Waals surface area contributed by atoms with E-state index in [1.54, 1.807) is 0 Å². The molecule has 0 aromatic carbocycles. The van der Waals surface area contributed by atoms with Crippen molar-refractivity contribution in [3.05, 3.63) is 0 Å². The van der Waals surface area contributed by atoms with Gasteiger partial charge in [0.2, 0.25) is 35.4 Å². The summed E-state index contributed by atoms with van der Waals surface area (Å²) in [4.78, 5) is 176. The third kappa shape index (κ3) is 128. The second-order valence-electron chi connectivity index (χ2n) is 38.1. The van der Waals surface area contributed by atoms with Crippen molar-refractivity contribution in [1.82, 2.24) is 31.1 Å². The second kappa shape index (κ2) is 113. The van der Waals surface area contributed by atoms with Gasteiger partial charge in [-0.15, -0.1) is 0 Å². The minimum atomic E-state index is -1.03. The van der Waals surface area contributed by atoms with Crippen LogP contribution in [-0.2, 0) is 100 Å². The molecule has 12 unspecified atom stereocenters. The number of ether oxygens (including phenoxy) is 5. The number of aliphatic carboxylic acids is 4. The molecule has 0 saturated carbocycles. The number of amides is 6. The quantitative estimate of drug-likeness (QED) is 0.0117. The van der Waals surface area contributed by atoms with Crippen LogP contribution >= 0.6 is 0 Å². The maximum atomic E-state index is 12.1. The van der Waals surface area contributed by atoms with E-state index < -0.39 is 23.9 Å². The molecular formula is C109H216N10O25. The number of carbonyl (C=O) groups excluding carboxylic acids is 13. The number of hydrogen-bond donors (Lipinski definition) is 11. The van der Waals surface area contributed by atoms with Gasteiger partial charge in [-0.2, -0.15) is 0 Å². The van der Waals surface area contributed by atoms with Gasteiger partial charge in [-0.25, -0.2) is 0 Å². The topological polar surface area (TPSA) is 563 Å². The number of nitrogens with one attached hydrogen (secondary N) is 4. The molecule has 35 heteroatoms. The van der Waals surface area contributed by atoms with Crippen LogP contribution in [-0.4, -0.2) is 232 Å². The molecule has 2 aliphatic rings. The average molecular weight is 2070 g/mol. The van der Waals surface area contributed by atoms with Crippen molar-refractivity contribution in [3.8, 4) is 0 Å². The zero-order valence-corrected chi connectivity index (χ0v) is 95.5. The van der Waals surface area contributed by atoms with Gasteiger partial charge < -0.3 is 103 Å². The number of nitrogens with zero attached hydrogens (tertiary/aromatic N) is 2. The molecular weight excluding hydrogens is 1850 g/mol. The number of quaternary nitrogens is 1. The summed E-state index contributed by atoms with van der Waals surface area (Å²) in [5, 5.41) is 46.4. The van der Waals surface area contributed by atoms with Crippen molar-refractivity contribution in [3.63, 3.8) is 0 Å². The van der Waals surface area contributed by atoms with Crippen LogP contribution in [0, 0.1) is 71.0 Å². The van der Waals surface area contributed by atoms with Crippen molar-refractivity contribution >= 4 is 95.0 Å². The molecule has 0 bridgehead atoms. The Labute approximate surface area is 872 Å². The van der Waals surface area contributed by atoms with E-state index >= 15 is 0 Å². The predicted molar refractivity (Wildman–Crippen MR) is 573 cm³/mol. The Bertz CT molecular complexity index is 2980. The molecule has 0 radical (unpaired) electrons. The normalized spacial score (nSPS) is 14.8. The van der Waals surface area contributed by atoms with E-state index in [0.717, 1.165) is 187 Å². The molecule has 0 aliphatic carbocycles. The standard InChI is InChI=1S/C16H29NO3.2C13H25NO3.C12H21NO3.C10H19NO3.C9H17NO2.2C8H14O4.4C5H13N/c1-4-14-11-17(12-15(14)5-2)16(19)9-7-6-8-10-20-13(3)18;2*1-4-11(2)10-14-13(16)8-6-5-7-9-17-12(3)15;1-3-9-7-13(8-10(9)4-2)11(14)5-6-12(15)16;1-3-8(2)7-11-9(12)5-4-6-10(13)14;1-4-7(2)6-10-9(12)5-8(3)11;2*1-7(9)12-6-4-2-3-5-8(10)11;4*1-3-5(2)4-6/h14-15H,4-12H2,1-3H3;2*11H,4-10H2,1-3H3,(H,14,16);9-10H,3-8H2,1-2H3,(H,15,16);8H,3-7H2,1-2H3,(H,11,12)(H,13,14);7H,4-6H2,1-3H3,(H,10,12);2*2-6H2,1H3,(H,10,11);4*5H,3-4,6H2,1-2H3. The van der Waals surface area contributed by atoms with Gasteiger partial charge in [0.05, 0.1) is 52.4 Å². The van der Waals surface area contributed by atoms with Crippen LogP contribution in [0.2, 0.25) is 0 Å². The number of carbonyl (C=O) groups is 16. The van der Waals surface area contributed by atoms with Crippen LogP contribution in [0.3, 0.4) is 0 Å². The van der Waals surface area contributed by atoms with Crippen LogP contribution in [0.5, 0.6) is 0 Å². The number of hydrogen-bond acceptors (Lipinski definition) is 25. The van der Waals surface area contributed by atoms with Crippen molar-refractivity contribution in [2.75, 3.05) is 112 Å². The van der Waals surface area contributed by atoms with E-state index in [-0.39, 0.29) is 104 Å². The largest absolute Gasteiger partial charge is 0.550 e. The third-order valence-electron chi connectivity index (χ3n) is 24.3. The lowest BCUT2D eigenvalue weighted by atomic mass is 9.92. The average Bonchev–Trinajstić information content (AvgIpc) is 1.72. The van der Waals surface area contributed by atoms with E-state index in [2.05, 4.69) is 180 Å². The van der Waals surface area contributed by atoms with E-state index in [1.165, 1.54) is 80.1 Å². The predicted octanol–water partition coefficient (Wildman–Crippen LogP) is 16.1. The van der Waals surface area contributed by atoms with Gasteiger partial charge in [-0.3, -0.25) is 71.9 Å². The Kier molecular flexibility index (Phi) is 122. The number of esters is 5. The highest BCUT2D eigenvalue weighted by molar-refractivity contribution is 5.96. The fraction of sp³-hybridized carbons (Fsp3) is 0.853. The number of carboxylic acid groups (broad SMARTS) is 4. The summed E-state index contributed by atoms with van der Waals surface area (Å²) in [5.41, 5.74) is 19.6. The highest BCUT2D eigenvalue weighted by Crippen LogP contribution is 2.30. The first-order valence-electron chi connectivity index (χ1n) is 54.4. The summed E-state index contributed by atoms with van der Waals surface area (Å²) in [6.45, 7) is 63.3. The number of carboxylic acids is 4. The third-order valence-corrected chi connectivity index (χ3v) is 24.3. The smallest absolute Gasteiger partial charge is 0.303 e. The summed E-state index contributed by atoms with van der Waals surface area (Å²) < 4.78 is 23.8. The summed E-state index contributed by atoms with van der Waals surface area (Å²) in [7, 11) is 0. The molecule has 12 atom stereocenters. The Morgan fingerprint density at radius 3 is 0.722 bits per heavy atom. The van der Waals surface area contributed by atoms with Gasteiger partial charge in [0.15, 0.2) is 0 Å². The highest BCUT2D eigenvalue weighted by atomic mass is 16.5. The lowest BCUT2D eigenvalue weighted by Crippen LogP contribution is -2.52. The Morgan fingerprint density at radius 2 is 0.521 bits per heavy atom. The van der Waals surface area contributed by atoms with E-state index in [0.29, 0.717) is 168 Å². The van der Waals surface area contributed by atoms with E-state index in [4.69, 9.17) is 46.7 Å². The maximum absolute atomic E-state index is 12.1. The molecule has 16 N–H and O–H groups in total. The fourth-order valence-electron chi connectivity index (χ4n) is 11.9. The first-order chi connectivity index (χ1) is 67.9. The number of Topliss-reactive ketones (excluding diaryl/α,β-unsaturated/α-hetero) is 1. The lowest BCUT2D eigenvalue weighted by Gasteiger charge is -2.16. The zero-order valence-electron chi connectivity index (χ0n) is 95.5. The second-order valence-corrected chi connectivity index (χ2v) is 38.1. The van der Waals surface area contributed by atoms with Gasteiger partial charge in [-0.05, 0) is 207 Å². The molecule has 0 aromatic rings. The lowest BCUT2D eigenvalue weighted by molar-refractivity contribution is -0.378. The molecule has 2 fully saturated rings. The number of likely N-dealkylation sites (tertiary alicyclic amines) is 2. The van der Waals surface area contributed by atoms with Crippen LogP contribution < -0.4 is 49.3 Å². The molecule has 0 aromatic heterocycles. The summed E-state index contributed by atoms with van der Waals surface area (Å²) in [5.74, 6) is 3.00. The summed E-state index contributed by atoms with van der Waals surface area (Å²) >= 11 is 0. The van der Waals surface area contributed by atoms with Gasteiger partial charge in [-0.1, -0.05) is 209 Å². The van der Waals surface area contributed by atoms with Gasteiger partial charge in [0.25, 0.3) is 0 Å². The zero-order chi connectivity index (χ0) is 113. The minimum absolute atomic E-state index is 0.00296. The monoisotopic (exact) mass is 2070 g/mol. The minimum Gasteiger partial charge on any atom is -0.550 e. The molecule has 2 heterocycles. The summed E-state index contributed by atoms with van der Waals surface area (Å²) in [6, 6.07) is 0. The molecule has 6 amide bonds. The van der Waals surface area contributed by atoms with Crippen molar-refractivity contribution in [2.45, 2.75) is 424 Å². The summed E-state index contributed by atoms with van der Waals surface area (Å²) in [6.07, 6.45) is 28.7. The molecule has 2 saturated heterocycles. The number of ketones is 1. The molecule has 852 valence electrons. The van der Waals surface area contributed by atoms with Crippen molar-refractivity contribution in [2.24, 2.45) is 88.2 Å². The van der Waals surface area contributed by atoms with Crippen molar-refractivity contribution < 1.29 is 127 Å². The number of unbranched alkanes of at least 4 members (excludes halogenated alkanes) is 10. The Hall–Kier alpha value is -8.44. The van der Waals surface area contributed by atoms with Gasteiger partial charge in [0, 0.05) is 144 Å². The van der Waals surface area contributed by atoms with Crippen LogP contribution in [0.15, 0.2) is 0 Å². The highest BCUT2D eigenvalue weighted by Gasteiger charge is 2.34. The van der Waals surface area contributed by atoms with Crippen molar-refractivity contribution in [1.29, 1.82) is 0 Å². The number of rotatable bonds is 63. The van der Waals surface area contributed by atoms with E-state index in [9.17, 15) is 81.8 Å². The van der Waals surface area contributed by atoms with Gasteiger partial charge in [0.1, 0.15) is 5.78 Å². The van der Waals surface area contributed by atoms with Crippen LogP contribution in [0.1, 0.15) is 424 Å². The Morgan fingerprint density at radius 1 is 0.299 bits per heavy atom. The Balaban J connectivity index is -0.000000173.